The Labute approximate surface area is 167 Å². The predicted molar refractivity (Wildman–Crippen MR) is 113 cm³/mol. The number of ketones is 1. The molecule has 0 unspecified atom stereocenters. The van der Waals surface area contributed by atoms with E-state index in [0.717, 1.165) is 50.8 Å². The van der Waals surface area contributed by atoms with Crippen molar-refractivity contribution in [3.8, 4) is 0 Å². The summed E-state index contributed by atoms with van der Waals surface area (Å²) in [4.78, 5) is 24.5. The van der Waals surface area contributed by atoms with E-state index in [1.165, 1.54) is 16.7 Å². The first-order chi connectivity index (χ1) is 13.7. The summed E-state index contributed by atoms with van der Waals surface area (Å²) in [5.41, 5.74) is 4.65. The maximum absolute atomic E-state index is 12.5. The van der Waals surface area contributed by atoms with Crippen LogP contribution < -0.4 is 10.6 Å². The molecule has 0 bridgehead atoms. The largest absolute Gasteiger partial charge is 0.356 e. The molecule has 2 aromatic carbocycles. The molecule has 2 N–H and O–H groups in total. The van der Waals surface area contributed by atoms with Crippen molar-refractivity contribution in [1.82, 2.24) is 10.6 Å². The van der Waals surface area contributed by atoms with Gasteiger partial charge in [0.2, 0.25) is 5.91 Å². The molecule has 1 aliphatic rings. The number of Topliss-reactive ketones (excluding diaryl/α,β-unsaturated/α-hetero) is 1. The van der Waals surface area contributed by atoms with Crippen molar-refractivity contribution in [3.63, 3.8) is 0 Å². The van der Waals surface area contributed by atoms with E-state index in [4.69, 9.17) is 0 Å². The molecule has 0 aliphatic carbocycles. The molecular weight excluding hydrogens is 348 g/mol. The molecule has 3 rings (SSSR count). The lowest BCUT2D eigenvalue weighted by molar-refractivity contribution is -0.121. The van der Waals surface area contributed by atoms with Crippen molar-refractivity contribution >= 4 is 11.7 Å². The summed E-state index contributed by atoms with van der Waals surface area (Å²) in [6, 6.07) is 16.4. The van der Waals surface area contributed by atoms with Crippen LogP contribution in [0.5, 0.6) is 0 Å². The van der Waals surface area contributed by atoms with E-state index in [-0.39, 0.29) is 24.5 Å². The highest BCUT2D eigenvalue weighted by Crippen LogP contribution is 2.17. The Morgan fingerprint density at radius 2 is 1.68 bits per heavy atom. The number of carbonyl (C=O) groups excluding carboxylic acids is 2. The number of fused-ring (bicyclic) bond motifs is 1. The molecule has 1 heterocycles. The van der Waals surface area contributed by atoms with Gasteiger partial charge in [-0.05, 0) is 68.0 Å². The third-order valence-electron chi connectivity index (χ3n) is 5.31. The number of aryl methyl sites for hydroxylation is 1. The first-order valence-electron chi connectivity index (χ1n) is 10.4. The smallest absolute Gasteiger partial charge is 0.220 e. The summed E-state index contributed by atoms with van der Waals surface area (Å²) in [5.74, 6) is 0.0197. The van der Waals surface area contributed by atoms with Crippen molar-refractivity contribution in [2.24, 2.45) is 0 Å². The Bertz CT molecular complexity index is 786. The van der Waals surface area contributed by atoms with Gasteiger partial charge in [0.05, 0.1) is 0 Å². The van der Waals surface area contributed by atoms with E-state index in [1.807, 2.05) is 18.2 Å². The molecule has 1 aliphatic heterocycles. The number of amides is 1. The van der Waals surface area contributed by atoms with Crippen LogP contribution in [0.3, 0.4) is 0 Å². The molecule has 2 aromatic rings. The van der Waals surface area contributed by atoms with Gasteiger partial charge < -0.3 is 10.6 Å². The van der Waals surface area contributed by atoms with Gasteiger partial charge in [0.1, 0.15) is 0 Å². The molecule has 0 saturated carbocycles. The molecule has 4 nitrogen and oxygen atoms in total. The van der Waals surface area contributed by atoms with Crippen LogP contribution in [0.1, 0.15) is 52.7 Å². The summed E-state index contributed by atoms with van der Waals surface area (Å²) >= 11 is 0. The number of unbranched alkanes of at least 4 members (excludes halogenated alkanes) is 1. The number of nitrogens with one attached hydrogen (secondary N) is 2. The molecule has 0 fully saturated rings. The van der Waals surface area contributed by atoms with Gasteiger partial charge in [-0.15, -0.1) is 0 Å². The van der Waals surface area contributed by atoms with E-state index in [9.17, 15) is 9.59 Å². The number of benzene rings is 2. The van der Waals surface area contributed by atoms with Crippen LogP contribution >= 0.6 is 0 Å². The van der Waals surface area contributed by atoms with E-state index in [2.05, 4.69) is 41.0 Å². The summed E-state index contributed by atoms with van der Waals surface area (Å²) in [6.45, 7) is 2.62. The highest BCUT2D eigenvalue weighted by molar-refractivity contribution is 5.98. The van der Waals surface area contributed by atoms with Crippen LogP contribution in [0.2, 0.25) is 0 Å². The summed E-state index contributed by atoms with van der Waals surface area (Å²) in [7, 11) is 0. The van der Waals surface area contributed by atoms with Gasteiger partial charge in [-0.1, -0.05) is 42.5 Å². The van der Waals surface area contributed by atoms with Gasteiger partial charge in [-0.2, -0.15) is 0 Å². The zero-order valence-electron chi connectivity index (χ0n) is 16.5. The maximum atomic E-state index is 12.5. The fraction of sp³-hybridized carbons (Fsp3) is 0.417. The molecule has 148 valence electrons. The molecule has 0 atom stereocenters. The van der Waals surface area contributed by atoms with Crippen LogP contribution in [0, 0.1) is 0 Å². The minimum atomic E-state index is -0.0352. The predicted octanol–water partition coefficient (Wildman–Crippen LogP) is 3.48. The lowest BCUT2D eigenvalue weighted by Gasteiger charge is -2.08. The average molecular weight is 379 g/mol. The molecule has 1 amide bonds. The highest BCUT2D eigenvalue weighted by Gasteiger charge is 2.13. The Morgan fingerprint density at radius 1 is 0.893 bits per heavy atom. The molecule has 28 heavy (non-hydrogen) atoms. The Kier molecular flexibility index (Phi) is 7.80. The second kappa shape index (κ2) is 10.8. The summed E-state index contributed by atoms with van der Waals surface area (Å²) in [5, 5.41) is 6.32. The van der Waals surface area contributed by atoms with E-state index in [0.29, 0.717) is 6.54 Å². The van der Waals surface area contributed by atoms with Crippen LogP contribution in [0.25, 0.3) is 0 Å². The van der Waals surface area contributed by atoms with Crippen molar-refractivity contribution in [3.05, 3.63) is 70.8 Å². The van der Waals surface area contributed by atoms with Crippen LogP contribution in [0.15, 0.2) is 48.5 Å². The quantitative estimate of drug-likeness (QED) is 0.519. The van der Waals surface area contributed by atoms with Crippen LogP contribution in [-0.4, -0.2) is 31.3 Å². The van der Waals surface area contributed by atoms with E-state index >= 15 is 0 Å². The first-order valence-corrected chi connectivity index (χ1v) is 10.4. The van der Waals surface area contributed by atoms with E-state index in [1.54, 1.807) is 0 Å². The molecule has 0 saturated heterocycles. The van der Waals surface area contributed by atoms with Gasteiger partial charge >= 0.3 is 0 Å². The third kappa shape index (κ3) is 6.31. The van der Waals surface area contributed by atoms with Crippen molar-refractivity contribution < 1.29 is 9.59 Å². The van der Waals surface area contributed by atoms with Gasteiger partial charge in [0, 0.05) is 24.9 Å². The zero-order chi connectivity index (χ0) is 19.6. The monoisotopic (exact) mass is 378 g/mol. The van der Waals surface area contributed by atoms with Gasteiger partial charge in [-0.3, -0.25) is 9.59 Å². The maximum Gasteiger partial charge on any atom is 0.220 e. The van der Waals surface area contributed by atoms with Crippen LogP contribution in [0.4, 0.5) is 0 Å². The number of rotatable bonds is 9. The summed E-state index contributed by atoms with van der Waals surface area (Å²) < 4.78 is 0. The first kappa shape index (κ1) is 20.3. The molecule has 4 heteroatoms. The van der Waals surface area contributed by atoms with Gasteiger partial charge in [0.25, 0.3) is 0 Å². The normalized spacial score (nSPS) is 13.4. The number of carbonyl (C=O) groups is 2. The Hall–Kier alpha value is -2.46. The van der Waals surface area contributed by atoms with Gasteiger partial charge in [0.15, 0.2) is 5.78 Å². The third-order valence-corrected chi connectivity index (χ3v) is 5.31. The topological polar surface area (TPSA) is 58.2 Å². The standard InChI is InChI=1S/C24H30N2O2/c27-23(22-10-9-20-13-16-25-17-14-21(20)18-22)11-12-24(28)26-15-5-4-8-19-6-2-1-3-7-19/h1-3,6-7,9-10,18,25H,4-5,8,11-17H2,(H,26,28). The highest BCUT2D eigenvalue weighted by atomic mass is 16.2. The fourth-order valence-corrected chi connectivity index (χ4v) is 3.63. The summed E-state index contributed by atoms with van der Waals surface area (Å²) in [6.07, 6.45) is 5.53. The second-order valence-corrected chi connectivity index (χ2v) is 7.45. The molecule has 0 aromatic heterocycles. The van der Waals surface area contributed by atoms with Crippen molar-refractivity contribution in [2.45, 2.75) is 44.9 Å². The number of hydrogen-bond acceptors (Lipinski definition) is 3. The molecular formula is C24H30N2O2. The average Bonchev–Trinajstić information content (AvgIpc) is 2.97. The molecule has 0 radical (unpaired) electrons. The zero-order valence-corrected chi connectivity index (χ0v) is 16.5. The van der Waals surface area contributed by atoms with Crippen LogP contribution in [-0.2, 0) is 24.1 Å². The fourth-order valence-electron chi connectivity index (χ4n) is 3.63. The van der Waals surface area contributed by atoms with E-state index < -0.39 is 0 Å². The van der Waals surface area contributed by atoms with Crippen molar-refractivity contribution in [1.29, 1.82) is 0 Å². The lowest BCUT2D eigenvalue weighted by atomic mass is 9.97. The minimum absolute atomic E-state index is 0.0352. The second-order valence-electron chi connectivity index (χ2n) is 7.45. The van der Waals surface area contributed by atoms with Gasteiger partial charge in [-0.25, -0.2) is 0 Å². The van der Waals surface area contributed by atoms with Crippen molar-refractivity contribution in [2.75, 3.05) is 19.6 Å². The SMILES string of the molecule is O=C(CCC(=O)c1ccc2c(c1)CCNCC2)NCCCCc1ccccc1. The Balaban J connectivity index is 1.35. The lowest BCUT2D eigenvalue weighted by Crippen LogP contribution is -2.25. The Morgan fingerprint density at radius 3 is 2.50 bits per heavy atom. The number of hydrogen-bond donors (Lipinski definition) is 2. The molecule has 0 spiro atoms. The minimum Gasteiger partial charge on any atom is -0.356 e.